The summed E-state index contributed by atoms with van der Waals surface area (Å²) in [5.74, 6) is -0.803. The molecule has 1 amide bonds. The zero-order chi connectivity index (χ0) is 16.9. The first-order chi connectivity index (χ1) is 11.7. The molecule has 0 aliphatic heterocycles. The number of hydrogen-bond donors (Lipinski definition) is 3. The number of halogens is 1. The maximum absolute atomic E-state index is 13.9. The van der Waals surface area contributed by atoms with Gasteiger partial charge in [0.2, 0.25) is 0 Å². The molecule has 5 nitrogen and oxygen atoms in total. The minimum absolute atomic E-state index is 0.295. The van der Waals surface area contributed by atoms with Gasteiger partial charge in [0, 0.05) is 23.3 Å². The number of aromatic nitrogens is 1. The van der Waals surface area contributed by atoms with Crippen molar-refractivity contribution in [3.05, 3.63) is 72.3 Å². The lowest BCUT2D eigenvalue weighted by molar-refractivity contribution is -0.122. The minimum atomic E-state index is -0.789. The highest BCUT2D eigenvalue weighted by atomic mass is 19.1. The molecule has 3 rings (SSSR count). The number of carbonyl (C=O) groups is 1. The second kappa shape index (κ2) is 7.06. The van der Waals surface area contributed by atoms with Gasteiger partial charge in [0.25, 0.3) is 5.91 Å². The summed E-state index contributed by atoms with van der Waals surface area (Å²) < 4.78 is 13.9. The first-order valence-corrected chi connectivity index (χ1v) is 7.50. The third-order valence-corrected chi connectivity index (χ3v) is 3.74. The number of hydrazine groups is 1. The van der Waals surface area contributed by atoms with E-state index in [9.17, 15) is 9.18 Å². The van der Waals surface area contributed by atoms with E-state index in [0.29, 0.717) is 5.56 Å². The van der Waals surface area contributed by atoms with E-state index in [2.05, 4.69) is 21.2 Å². The molecule has 0 bridgehead atoms. The molecule has 1 atom stereocenters. The molecule has 0 spiro atoms. The largest absolute Gasteiger partial charge is 0.305 e. The number of amides is 1. The van der Waals surface area contributed by atoms with Crippen LogP contribution in [0.15, 0.2) is 60.9 Å². The quantitative estimate of drug-likeness (QED) is 0.632. The number of rotatable bonds is 5. The summed E-state index contributed by atoms with van der Waals surface area (Å²) in [4.78, 5) is 16.4. The lowest BCUT2D eigenvalue weighted by atomic mass is 10.1. The predicted molar refractivity (Wildman–Crippen MR) is 91.7 cm³/mol. The maximum atomic E-state index is 13.9. The van der Waals surface area contributed by atoms with Crippen LogP contribution in [0.2, 0.25) is 0 Å². The van der Waals surface area contributed by atoms with Crippen LogP contribution < -0.4 is 16.2 Å². The highest BCUT2D eigenvalue weighted by Crippen LogP contribution is 2.19. The molecule has 1 aromatic heterocycles. The molecule has 0 fully saturated rings. The Kier molecular flexibility index (Phi) is 4.67. The number of carbonyl (C=O) groups excluding carboxylic acids is 1. The van der Waals surface area contributed by atoms with Crippen LogP contribution in [-0.4, -0.2) is 17.9 Å². The number of fused-ring (bicyclic) bond motifs is 1. The molecule has 3 N–H and O–H groups in total. The summed E-state index contributed by atoms with van der Waals surface area (Å²) >= 11 is 0. The second-order valence-corrected chi connectivity index (χ2v) is 5.30. The van der Waals surface area contributed by atoms with Gasteiger partial charge in [-0.15, -0.1) is 0 Å². The van der Waals surface area contributed by atoms with Gasteiger partial charge in [-0.2, -0.15) is 0 Å². The number of benzene rings is 2. The molecule has 2 aromatic carbocycles. The van der Waals surface area contributed by atoms with Crippen molar-refractivity contribution in [3.8, 4) is 0 Å². The summed E-state index contributed by atoms with van der Waals surface area (Å²) in [5.41, 5.74) is 6.49. The van der Waals surface area contributed by atoms with Gasteiger partial charge in [-0.25, -0.2) is 4.39 Å². The highest BCUT2D eigenvalue weighted by Gasteiger charge is 2.21. The molecule has 0 aliphatic carbocycles. The number of hydrogen-bond acceptors (Lipinski definition) is 4. The van der Waals surface area contributed by atoms with Crippen molar-refractivity contribution in [3.63, 3.8) is 0 Å². The molecule has 0 aliphatic rings. The van der Waals surface area contributed by atoms with Crippen molar-refractivity contribution in [1.82, 2.24) is 15.7 Å². The fourth-order valence-electron chi connectivity index (χ4n) is 2.50. The first-order valence-electron chi connectivity index (χ1n) is 7.50. The SMILES string of the molecule is CN[C@@H](C(=O)NNc1ccc2cnccc2c1)c1ccccc1F. The number of anilines is 1. The monoisotopic (exact) mass is 324 g/mol. The molecule has 122 valence electrons. The van der Waals surface area contributed by atoms with Crippen LogP contribution in [-0.2, 0) is 4.79 Å². The highest BCUT2D eigenvalue weighted by molar-refractivity contribution is 5.87. The van der Waals surface area contributed by atoms with Gasteiger partial charge < -0.3 is 5.32 Å². The van der Waals surface area contributed by atoms with Crippen molar-refractivity contribution >= 4 is 22.4 Å². The van der Waals surface area contributed by atoms with E-state index in [1.165, 1.54) is 6.07 Å². The zero-order valence-electron chi connectivity index (χ0n) is 13.1. The molecule has 3 aromatic rings. The number of nitrogens with one attached hydrogen (secondary N) is 3. The van der Waals surface area contributed by atoms with E-state index in [0.717, 1.165) is 16.5 Å². The lowest BCUT2D eigenvalue weighted by Gasteiger charge is -2.18. The normalized spacial score (nSPS) is 11.9. The van der Waals surface area contributed by atoms with Crippen molar-refractivity contribution in [2.75, 3.05) is 12.5 Å². The molecule has 6 heteroatoms. The third-order valence-electron chi connectivity index (χ3n) is 3.74. The zero-order valence-corrected chi connectivity index (χ0v) is 13.1. The Hall–Kier alpha value is -2.99. The van der Waals surface area contributed by atoms with Gasteiger partial charge in [-0.3, -0.25) is 20.6 Å². The van der Waals surface area contributed by atoms with E-state index in [1.54, 1.807) is 37.6 Å². The Morgan fingerprint density at radius 2 is 1.96 bits per heavy atom. The molecule has 0 saturated carbocycles. The summed E-state index contributed by atoms with van der Waals surface area (Å²) in [5, 5.41) is 4.84. The van der Waals surface area contributed by atoms with Crippen LogP contribution >= 0.6 is 0 Å². The molecule has 0 saturated heterocycles. The standard InChI is InChI=1S/C18H17FN4O/c1-20-17(15-4-2-3-5-16(15)19)18(24)23-22-14-7-6-13-11-21-9-8-12(13)10-14/h2-11,17,20,22H,1H3,(H,23,24)/t17-/m1/s1. The van der Waals surface area contributed by atoms with Gasteiger partial charge in [0.15, 0.2) is 0 Å². The minimum Gasteiger partial charge on any atom is -0.305 e. The van der Waals surface area contributed by atoms with Crippen LogP contribution in [0.5, 0.6) is 0 Å². The van der Waals surface area contributed by atoms with E-state index in [1.807, 2.05) is 24.3 Å². The van der Waals surface area contributed by atoms with Gasteiger partial charge >= 0.3 is 0 Å². The van der Waals surface area contributed by atoms with Crippen molar-refractivity contribution < 1.29 is 9.18 Å². The Morgan fingerprint density at radius 3 is 2.75 bits per heavy atom. The third kappa shape index (κ3) is 3.33. The molecule has 0 radical (unpaired) electrons. The topological polar surface area (TPSA) is 66.1 Å². The number of pyridine rings is 1. The molecule has 0 unspecified atom stereocenters. The molecular formula is C18H17FN4O. The number of likely N-dealkylation sites (N-methyl/N-ethyl adjacent to an activating group) is 1. The van der Waals surface area contributed by atoms with E-state index in [4.69, 9.17) is 0 Å². The Labute approximate surface area is 138 Å². The number of nitrogens with zero attached hydrogens (tertiary/aromatic N) is 1. The van der Waals surface area contributed by atoms with Gasteiger partial charge in [0.05, 0.1) is 5.69 Å². The van der Waals surface area contributed by atoms with Crippen LogP contribution in [0.4, 0.5) is 10.1 Å². The average molecular weight is 324 g/mol. The van der Waals surface area contributed by atoms with Gasteiger partial charge in [-0.1, -0.05) is 24.3 Å². The maximum Gasteiger partial charge on any atom is 0.260 e. The van der Waals surface area contributed by atoms with Crippen molar-refractivity contribution in [2.24, 2.45) is 0 Å². The van der Waals surface area contributed by atoms with Crippen LogP contribution in [0, 0.1) is 5.82 Å². The van der Waals surface area contributed by atoms with Crippen LogP contribution in [0.3, 0.4) is 0 Å². The summed E-state index contributed by atoms with van der Waals surface area (Å²) in [7, 11) is 1.61. The molecule has 24 heavy (non-hydrogen) atoms. The molecular weight excluding hydrogens is 307 g/mol. The summed E-state index contributed by atoms with van der Waals surface area (Å²) in [6, 6.07) is 12.9. The van der Waals surface area contributed by atoms with Crippen LogP contribution in [0.25, 0.3) is 10.8 Å². The Morgan fingerprint density at radius 1 is 1.12 bits per heavy atom. The lowest BCUT2D eigenvalue weighted by Crippen LogP contribution is -2.39. The van der Waals surface area contributed by atoms with Crippen LogP contribution in [0.1, 0.15) is 11.6 Å². The Bertz CT molecular complexity index is 868. The van der Waals surface area contributed by atoms with E-state index in [-0.39, 0.29) is 5.91 Å². The van der Waals surface area contributed by atoms with Gasteiger partial charge in [0.1, 0.15) is 11.9 Å². The predicted octanol–water partition coefficient (Wildman–Crippen LogP) is 2.78. The summed E-state index contributed by atoms with van der Waals surface area (Å²) in [6.07, 6.45) is 3.48. The first kappa shape index (κ1) is 15.9. The Balaban J connectivity index is 1.72. The van der Waals surface area contributed by atoms with Crippen molar-refractivity contribution in [2.45, 2.75) is 6.04 Å². The van der Waals surface area contributed by atoms with Crippen molar-refractivity contribution in [1.29, 1.82) is 0 Å². The fourth-order valence-corrected chi connectivity index (χ4v) is 2.50. The fraction of sp³-hybridized carbons (Fsp3) is 0.111. The van der Waals surface area contributed by atoms with E-state index < -0.39 is 11.9 Å². The van der Waals surface area contributed by atoms with E-state index >= 15 is 0 Å². The van der Waals surface area contributed by atoms with Gasteiger partial charge in [-0.05, 0) is 36.7 Å². The summed E-state index contributed by atoms with van der Waals surface area (Å²) in [6.45, 7) is 0. The smallest absolute Gasteiger partial charge is 0.260 e. The average Bonchev–Trinajstić information content (AvgIpc) is 2.62. The second-order valence-electron chi connectivity index (χ2n) is 5.30. The molecule has 1 heterocycles.